The van der Waals surface area contributed by atoms with E-state index in [-0.39, 0.29) is 5.41 Å². The molecular formula is C28H25N3O3. The van der Waals surface area contributed by atoms with Crippen molar-refractivity contribution in [2.24, 2.45) is 5.41 Å². The van der Waals surface area contributed by atoms with Crippen molar-refractivity contribution in [2.45, 2.75) is 13.5 Å². The zero-order valence-corrected chi connectivity index (χ0v) is 19.0. The molecular weight excluding hydrogens is 426 g/mol. The second-order valence-corrected chi connectivity index (χ2v) is 9.13. The first-order valence-corrected chi connectivity index (χ1v) is 11.4. The number of aromatic nitrogens is 3. The van der Waals surface area contributed by atoms with E-state index in [1.165, 1.54) is 0 Å². The number of hydrogen-bond acceptors (Lipinski definition) is 5. The Bertz CT molecular complexity index is 1460. The number of ether oxygens (including phenoxy) is 3. The molecule has 1 aliphatic rings. The third kappa shape index (κ3) is 3.97. The summed E-state index contributed by atoms with van der Waals surface area (Å²) >= 11 is 0. The average molecular weight is 452 g/mol. The normalized spacial score (nSPS) is 14.7. The Morgan fingerprint density at radius 3 is 2.62 bits per heavy atom. The number of benzene rings is 2. The lowest BCUT2D eigenvalue weighted by molar-refractivity contribution is -0.120. The zero-order valence-electron chi connectivity index (χ0n) is 19.0. The van der Waals surface area contributed by atoms with E-state index in [1.54, 1.807) is 0 Å². The molecule has 0 amide bonds. The van der Waals surface area contributed by atoms with Crippen LogP contribution in [0.5, 0.6) is 11.5 Å². The lowest BCUT2D eigenvalue weighted by atomic mass is 9.90. The molecule has 6 nitrogen and oxygen atoms in total. The second-order valence-electron chi connectivity index (χ2n) is 9.13. The lowest BCUT2D eigenvalue weighted by Crippen LogP contribution is -2.44. The first-order chi connectivity index (χ1) is 16.7. The minimum atomic E-state index is 0.0900. The Morgan fingerprint density at radius 2 is 1.79 bits per heavy atom. The molecule has 0 radical (unpaired) electrons. The van der Waals surface area contributed by atoms with Gasteiger partial charge in [-0.05, 0) is 23.8 Å². The van der Waals surface area contributed by atoms with E-state index in [0.717, 1.165) is 58.2 Å². The van der Waals surface area contributed by atoms with Gasteiger partial charge in [-0.1, -0.05) is 55.5 Å². The van der Waals surface area contributed by atoms with E-state index in [2.05, 4.69) is 30.1 Å². The van der Waals surface area contributed by atoms with Gasteiger partial charge in [0.2, 0.25) is 0 Å². The van der Waals surface area contributed by atoms with E-state index in [4.69, 9.17) is 19.2 Å². The Balaban J connectivity index is 1.35. The molecule has 4 heterocycles. The van der Waals surface area contributed by atoms with Gasteiger partial charge >= 0.3 is 0 Å². The standard InChI is InChI=1S/C28H25N3O3/c1-28(17-32-18-28)19-34-22-11-12-31-24(15-29-26(31)14-22)27-25(33-16-20-7-3-2-4-8-20)13-21-9-5-6-10-23(21)30-27/h2-15H,16-19H2,1H3. The van der Waals surface area contributed by atoms with Crippen molar-refractivity contribution in [1.82, 2.24) is 14.4 Å². The highest BCUT2D eigenvalue weighted by Gasteiger charge is 2.34. The topological polar surface area (TPSA) is 57.9 Å². The molecule has 1 fully saturated rings. The first kappa shape index (κ1) is 20.7. The van der Waals surface area contributed by atoms with Crippen LogP contribution < -0.4 is 9.47 Å². The third-order valence-corrected chi connectivity index (χ3v) is 6.14. The molecule has 1 aliphatic heterocycles. The van der Waals surface area contributed by atoms with Gasteiger partial charge in [-0.25, -0.2) is 9.97 Å². The van der Waals surface area contributed by atoms with Gasteiger partial charge in [0.25, 0.3) is 0 Å². The van der Waals surface area contributed by atoms with Crippen LogP contribution in [0.1, 0.15) is 12.5 Å². The number of imidazole rings is 1. The molecule has 6 heteroatoms. The van der Waals surface area contributed by atoms with Crippen LogP contribution in [-0.4, -0.2) is 34.2 Å². The number of nitrogens with zero attached hydrogens (tertiary/aromatic N) is 3. The number of rotatable bonds is 7. The van der Waals surface area contributed by atoms with Gasteiger partial charge < -0.3 is 14.2 Å². The van der Waals surface area contributed by atoms with Gasteiger partial charge in [-0.3, -0.25) is 4.40 Å². The zero-order chi connectivity index (χ0) is 23.0. The molecule has 34 heavy (non-hydrogen) atoms. The third-order valence-electron chi connectivity index (χ3n) is 6.14. The van der Waals surface area contributed by atoms with Crippen molar-refractivity contribution in [3.63, 3.8) is 0 Å². The highest BCUT2D eigenvalue weighted by atomic mass is 16.5. The highest BCUT2D eigenvalue weighted by molar-refractivity contribution is 5.84. The van der Waals surface area contributed by atoms with Crippen molar-refractivity contribution in [3.05, 3.63) is 90.8 Å². The molecule has 1 saturated heterocycles. The maximum atomic E-state index is 6.28. The van der Waals surface area contributed by atoms with E-state index < -0.39 is 0 Å². The van der Waals surface area contributed by atoms with Crippen LogP contribution in [0.15, 0.2) is 85.2 Å². The molecule has 5 aromatic rings. The minimum absolute atomic E-state index is 0.0900. The van der Waals surface area contributed by atoms with Crippen LogP contribution in [0, 0.1) is 5.41 Å². The van der Waals surface area contributed by atoms with Crippen molar-refractivity contribution in [1.29, 1.82) is 0 Å². The van der Waals surface area contributed by atoms with Crippen LogP contribution in [0.4, 0.5) is 0 Å². The van der Waals surface area contributed by atoms with Crippen molar-refractivity contribution in [3.8, 4) is 22.9 Å². The Labute approximate surface area is 197 Å². The summed E-state index contributed by atoms with van der Waals surface area (Å²) < 4.78 is 19.7. The maximum absolute atomic E-state index is 6.28. The van der Waals surface area contributed by atoms with Crippen LogP contribution in [-0.2, 0) is 11.3 Å². The van der Waals surface area contributed by atoms with Crippen LogP contribution in [0.25, 0.3) is 27.9 Å². The maximum Gasteiger partial charge on any atom is 0.148 e. The Morgan fingerprint density at radius 1 is 0.971 bits per heavy atom. The molecule has 0 bridgehead atoms. The molecule has 3 aromatic heterocycles. The molecule has 0 unspecified atom stereocenters. The van der Waals surface area contributed by atoms with Crippen LogP contribution in [0.2, 0.25) is 0 Å². The van der Waals surface area contributed by atoms with E-state index >= 15 is 0 Å². The summed E-state index contributed by atoms with van der Waals surface area (Å²) in [6.07, 6.45) is 3.82. The van der Waals surface area contributed by atoms with Crippen LogP contribution >= 0.6 is 0 Å². The molecule has 0 spiro atoms. The molecule has 0 N–H and O–H groups in total. The molecule has 0 saturated carbocycles. The van der Waals surface area contributed by atoms with Crippen molar-refractivity contribution < 1.29 is 14.2 Å². The van der Waals surface area contributed by atoms with Gasteiger partial charge in [0.1, 0.15) is 29.4 Å². The molecule has 170 valence electrons. The predicted molar refractivity (Wildman–Crippen MR) is 131 cm³/mol. The fourth-order valence-corrected chi connectivity index (χ4v) is 4.14. The van der Waals surface area contributed by atoms with E-state index in [1.807, 2.05) is 71.4 Å². The number of para-hydroxylation sites is 1. The van der Waals surface area contributed by atoms with E-state index in [0.29, 0.717) is 13.2 Å². The summed E-state index contributed by atoms with van der Waals surface area (Å²) in [6, 6.07) is 24.2. The molecule has 6 rings (SSSR count). The summed E-state index contributed by atoms with van der Waals surface area (Å²) in [7, 11) is 0. The average Bonchev–Trinajstić information content (AvgIpc) is 3.28. The number of hydrogen-bond donors (Lipinski definition) is 0. The largest absolute Gasteiger partial charge is 0.493 e. The van der Waals surface area contributed by atoms with Gasteiger partial charge in [0.05, 0.1) is 37.2 Å². The quantitative estimate of drug-likeness (QED) is 0.325. The molecule has 0 aliphatic carbocycles. The second kappa shape index (κ2) is 8.47. The van der Waals surface area contributed by atoms with Gasteiger partial charge in [-0.2, -0.15) is 0 Å². The van der Waals surface area contributed by atoms with Gasteiger partial charge in [0.15, 0.2) is 0 Å². The van der Waals surface area contributed by atoms with E-state index in [9.17, 15) is 0 Å². The Hall–Kier alpha value is -3.90. The summed E-state index contributed by atoms with van der Waals surface area (Å²) in [4.78, 5) is 9.60. The molecule has 0 atom stereocenters. The first-order valence-electron chi connectivity index (χ1n) is 11.4. The highest BCUT2D eigenvalue weighted by Crippen LogP contribution is 2.33. The predicted octanol–water partition coefficient (Wildman–Crippen LogP) is 5.54. The van der Waals surface area contributed by atoms with Crippen LogP contribution in [0.3, 0.4) is 0 Å². The lowest BCUT2D eigenvalue weighted by Gasteiger charge is -2.37. The van der Waals surface area contributed by atoms with Crippen molar-refractivity contribution in [2.75, 3.05) is 19.8 Å². The van der Waals surface area contributed by atoms with Crippen molar-refractivity contribution >= 4 is 16.6 Å². The van der Waals surface area contributed by atoms with Gasteiger partial charge in [-0.15, -0.1) is 0 Å². The SMILES string of the molecule is CC1(COc2ccn3c(-c4nc5ccccc5cc4OCc4ccccc4)cnc3c2)COC1. The monoisotopic (exact) mass is 451 g/mol. The Kier molecular flexibility index (Phi) is 5.15. The number of pyridine rings is 2. The fourth-order valence-electron chi connectivity index (χ4n) is 4.14. The summed E-state index contributed by atoms with van der Waals surface area (Å²) in [6.45, 7) is 4.74. The fraction of sp³-hybridized carbons (Fsp3) is 0.214. The van der Waals surface area contributed by atoms with Gasteiger partial charge in [0, 0.05) is 23.1 Å². The summed E-state index contributed by atoms with van der Waals surface area (Å²) in [5, 5.41) is 1.03. The smallest absolute Gasteiger partial charge is 0.148 e. The summed E-state index contributed by atoms with van der Waals surface area (Å²) in [5.41, 5.74) is 4.53. The minimum Gasteiger partial charge on any atom is -0.493 e. The summed E-state index contributed by atoms with van der Waals surface area (Å²) in [5.74, 6) is 1.52. The molecule has 2 aromatic carbocycles. The number of fused-ring (bicyclic) bond motifs is 2.